The van der Waals surface area contributed by atoms with E-state index in [1.54, 1.807) is 12.4 Å². The van der Waals surface area contributed by atoms with Crippen LogP contribution in [0.3, 0.4) is 0 Å². The predicted octanol–water partition coefficient (Wildman–Crippen LogP) is 3.29. The van der Waals surface area contributed by atoms with Gasteiger partial charge in [0.2, 0.25) is 0 Å². The van der Waals surface area contributed by atoms with Crippen molar-refractivity contribution in [2.45, 2.75) is 12.6 Å². The van der Waals surface area contributed by atoms with Crippen molar-refractivity contribution in [3.63, 3.8) is 0 Å². The molecule has 0 radical (unpaired) electrons. The van der Waals surface area contributed by atoms with Gasteiger partial charge in [0.25, 0.3) is 5.91 Å². The van der Waals surface area contributed by atoms with Gasteiger partial charge in [-0.1, -0.05) is 6.07 Å². The van der Waals surface area contributed by atoms with Gasteiger partial charge in [-0.05, 0) is 43.9 Å². The molecule has 4 aromatic rings. The highest BCUT2D eigenvalue weighted by molar-refractivity contribution is 6.06. The largest absolute Gasteiger partial charge is 0.378 e. The fraction of sp³-hybridized carbons (Fsp3) is 0.296. The van der Waals surface area contributed by atoms with E-state index in [1.165, 1.54) is 12.1 Å². The maximum Gasteiger partial charge on any atom is 0.254 e. The number of hydrogen-bond donors (Lipinski definition) is 2. The zero-order chi connectivity index (χ0) is 25.5. The molecular weight excluding hydrogens is 473 g/mol. The SMILES string of the molecule is CN(C)[C@H]1COCCN(c2ccc(Nc3ccc(-c4cnc5cc(F)ccn45)c4c3C(=O)NC4)nc2)C1. The number of amides is 1. The minimum Gasteiger partial charge on any atom is -0.378 e. The molecule has 0 spiro atoms. The molecule has 2 N–H and O–H groups in total. The molecule has 0 aliphatic carbocycles. The van der Waals surface area contributed by atoms with Crippen molar-refractivity contribution in [1.29, 1.82) is 0 Å². The van der Waals surface area contributed by atoms with Crippen LogP contribution >= 0.6 is 0 Å². The van der Waals surface area contributed by atoms with Crippen molar-refractivity contribution in [2.24, 2.45) is 0 Å². The molecule has 37 heavy (non-hydrogen) atoms. The molecule has 1 aromatic carbocycles. The standard InChI is InChI=1S/C27H28FN7O2/c1-33(2)19-15-34(9-10-37-16-19)18-3-6-24(29-12-18)32-22-5-4-20(21-13-31-27(36)26(21)22)23-14-30-25-11-17(28)7-8-35(23)25/h3-8,11-12,14,19H,9-10,13,15-16H2,1-2H3,(H,29,32)(H,31,36)/t19-/m1/s1. The third kappa shape index (κ3) is 4.38. The molecule has 1 atom stereocenters. The molecule has 1 saturated heterocycles. The molecule has 10 heteroatoms. The quantitative estimate of drug-likeness (QED) is 0.434. The molecule has 9 nitrogen and oxygen atoms in total. The third-order valence-corrected chi connectivity index (χ3v) is 7.07. The zero-order valence-electron chi connectivity index (χ0n) is 20.7. The molecule has 3 aromatic heterocycles. The molecule has 0 saturated carbocycles. The van der Waals surface area contributed by atoms with Crippen LogP contribution in [0.15, 0.2) is 55.0 Å². The van der Waals surface area contributed by atoms with Gasteiger partial charge in [-0.3, -0.25) is 9.20 Å². The van der Waals surface area contributed by atoms with Crippen LogP contribution in [0, 0.1) is 5.82 Å². The number of ether oxygens (including phenoxy) is 1. The number of likely N-dealkylation sites (N-methyl/N-ethyl adjacent to an activating group) is 1. The summed E-state index contributed by atoms with van der Waals surface area (Å²) in [5.41, 5.74) is 5.36. The van der Waals surface area contributed by atoms with E-state index in [1.807, 2.05) is 34.9 Å². The minimum atomic E-state index is -0.341. The Labute approximate surface area is 213 Å². The molecule has 0 unspecified atom stereocenters. The summed E-state index contributed by atoms with van der Waals surface area (Å²) in [6.45, 7) is 3.48. The number of pyridine rings is 2. The Morgan fingerprint density at radius 1 is 1.16 bits per heavy atom. The van der Waals surface area contributed by atoms with Crippen LogP contribution in [0.5, 0.6) is 0 Å². The van der Waals surface area contributed by atoms with Crippen molar-refractivity contribution in [3.8, 4) is 11.3 Å². The summed E-state index contributed by atoms with van der Waals surface area (Å²) in [6, 6.07) is 10.9. The van der Waals surface area contributed by atoms with E-state index >= 15 is 0 Å². The van der Waals surface area contributed by atoms with Crippen molar-refractivity contribution >= 4 is 28.7 Å². The number of imidazole rings is 1. The normalized spacial score (nSPS) is 17.7. The van der Waals surface area contributed by atoms with E-state index < -0.39 is 0 Å². The number of fused-ring (bicyclic) bond motifs is 2. The number of hydrogen-bond acceptors (Lipinski definition) is 7. The predicted molar refractivity (Wildman–Crippen MR) is 140 cm³/mol. The van der Waals surface area contributed by atoms with Gasteiger partial charge in [0, 0.05) is 43.5 Å². The molecule has 5 heterocycles. The number of anilines is 3. The van der Waals surface area contributed by atoms with Crippen LogP contribution in [-0.4, -0.2) is 71.6 Å². The summed E-state index contributed by atoms with van der Waals surface area (Å²) in [5, 5.41) is 6.26. The lowest BCUT2D eigenvalue weighted by Crippen LogP contribution is -2.41. The van der Waals surface area contributed by atoms with Crippen LogP contribution in [-0.2, 0) is 11.3 Å². The van der Waals surface area contributed by atoms with Gasteiger partial charge in [0.15, 0.2) is 0 Å². The number of aromatic nitrogens is 3. The average Bonchev–Trinajstić information content (AvgIpc) is 3.39. The number of halogens is 1. The van der Waals surface area contributed by atoms with Gasteiger partial charge < -0.3 is 25.2 Å². The first kappa shape index (κ1) is 23.4. The van der Waals surface area contributed by atoms with E-state index in [9.17, 15) is 9.18 Å². The fourth-order valence-electron chi connectivity index (χ4n) is 4.97. The van der Waals surface area contributed by atoms with Crippen LogP contribution in [0.2, 0.25) is 0 Å². The molecule has 6 rings (SSSR count). The molecular formula is C27H28FN7O2. The molecule has 2 aliphatic rings. The summed E-state index contributed by atoms with van der Waals surface area (Å²) in [6.07, 6.45) is 5.21. The van der Waals surface area contributed by atoms with E-state index in [-0.39, 0.29) is 11.7 Å². The monoisotopic (exact) mass is 501 g/mol. The van der Waals surface area contributed by atoms with E-state index in [2.05, 4.69) is 44.5 Å². The first-order valence-electron chi connectivity index (χ1n) is 12.3. The lowest BCUT2D eigenvalue weighted by molar-refractivity contribution is 0.0966. The minimum absolute atomic E-state index is 0.143. The van der Waals surface area contributed by atoms with Gasteiger partial charge in [0.05, 0.1) is 48.2 Å². The molecule has 190 valence electrons. The first-order valence-corrected chi connectivity index (χ1v) is 12.3. The van der Waals surface area contributed by atoms with Gasteiger partial charge in [-0.2, -0.15) is 0 Å². The summed E-state index contributed by atoms with van der Waals surface area (Å²) < 4.78 is 21.2. The number of carbonyl (C=O) groups excluding carboxylic acids is 1. The van der Waals surface area contributed by atoms with Crippen LogP contribution in [0.25, 0.3) is 16.9 Å². The van der Waals surface area contributed by atoms with Crippen LogP contribution < -0.4 is 15.5 Å². The first-order chi connectivity index (χ1) is 18.0. The third-order valence-electron chi connectivity index (χ3n) is 7.07. The maximum absolute atomic E-state index is 13.6. The van der Waals surface area contributed by atoms with E-state index in [0.29, 0.717) is 48.5 Å². The molecule has 1 amide bonds. The van der Waals surface area contributed by atoms with Crippen molar-refractivity contribution in [1.82, 2.24) is 24.6 Å². The second-order valence-electron chi connectivity index (χ2n) is 9.58. The smallest absolute Gasteiger partial charge is 0.254 e. The van der Waals surface area contributed by atoms with Gasteiger partial charge in [-0.15, -0.1) is 0 Å². The number of rotatable bonds is 5. The summed E-state index contributed by atoms with van der Waals surface area (Å²) >= 11 is 0. The second kappa shape index (κ2) is 9.45. The Hall–Kier alpha value is -4.02. The Balaban J connectivity index is 1.28. The second-order valence-corrected chi connectivity index (χ2v) is 9.58. The zero-order valence-corrected chi connectivity index (χ0v) is 20.7. The van der Waals surface area contributed by atoms with Crippen LogP contribution in [0.1, 0.15) is 15.9 Å². The van der Waals surface area contributed by atoms with Gasteiger partial charge >= 0.3 is 0 Å². The Kier molecular flexibility index (Phi) is 5.97. The van der Waals surface area contributed by atoms with Crippen LogP contribution in [0.4, 0.5) is 21.6 Å². The topological polar surface area (TPSA) is 87.0 Å². The van der Waals surface area contributed by atoms with Crippen molar-refractivity contribution in [2.75, 3.05) is 50.6 Å². The maximum atomic E-state index is 13.6. The number of nitrogens with zero attached hydrogens (tertiary/aromatic N) is 5. The van der Waals surface area contributed by atoms with E-state index in [4.69, 9.17) is 4.74 Å². The lowest BCUT2D eigenvalue weighted by Gasteiger charge is -2.28. The summed E-state index contributed by atoms with van der Waals surface area (Å²) in [5.74, 6) is 0.167. The van der Waals surface area contributed by atoms with Crippen molar-refractivity contribution < 1.29 is 13.9 Å². The highest BCUT2D eigenvalue weighted by Gasteiger charge is 2.27. The average molecular weight is 502 g/mol. The Bertz CT molecular complexity index is 1470. The highest BCUT2D eigenvalue weighted by atomic mass is 19.1. The van der Waals surface area contributed by atoms with Gasteiger partial charge in [0.1, 0.15) is 17.3 Å². The Morgan fingerprint density at radius 3 is 2.86 bits per heavy atom. The summed E-state index contributed by atoms with van der Waals surface area (Å²) in [4.78, 5) is 26.3. The number of benzene rings is 1. The van der Waals surface area contributed by atoms with Crippen molar-refractivity contribution in [3.05, 3.63) is 71.9 Å². The fourth-order valence-corrected chi connectivity index (χ4v) is 4.97. The Morgan fingerprint density at radius 2 is 2.05 bits per heavy atom. The summed E-state index contributed by atoms with van der Waals surface area (Å²) in [7, 11) is 4.13. The van der Waals surface area contributed by atoms with E-state index in [0.717, 1.165) is 35.6 Å². The molecule has 0 bridgehead atoms. The highest BCUT2D eigenvalue weighted by Crippen LogP contribution is 2.35. The number of carbonyl (C=O) groups is 1. The number of nitrogens with one attached hydrogen (secondary N) is 2. The molecule has 2 aliphatic heterocycles. The lowest BCUT2D eigenvalue weighted by atomic mass is 9.99. The molecule has 1 fully saturated rings. The van der Waals surface area contributed by atoms with Gasteiger partial charge in [-0.25, -0.2) is 14.4 Å².